The van der Waals surface area contributed by atoms with Gasteiger partial charge < -0.3 is 5.73 Å². The van der Waals surface area contributed by atoms with Crippen molar-refractivity contribution < 1.29 is 12.8 Å². The highest BCUT2D eigenvalue weighted by Crippen LogP contribution is 2.31. The molecule has 118 valence electrons. The van der Waals surface area contributed by atoms with Crippen LogP contribution in [0.15, 0.2) is 21.5 Å². The van der Waals surface area contributed by atoms with E-state index in [1.54, 1.807) is 0 Å². The van der Waals surface area contributed by atoms with Crippen LogP contribution in [0.2, 0.25) is 0 Å². The smallest absolute Gasteiger partial charge is 0.245 e. The second-order valence-electron chi connectivity index (χ2n) is 5.88. The molecular formula is C13H19BrFN3O2S. The molecule has 1 aromatic carbocycles. The predicted octanol–water partition coefficient (Wildman–Crippen LogP) is 1.89. The van der Waals surface area contributed by atoms with Gasteiger partial charge in [0.15, 0.2) is 0 Å². The van der Waals surface area contributed by atoms with Gasteiger partial charge in [0, 0.05) is 25.2 Å². The molecule has 1 aliphatic heterocycles. The third-order valence-electron chi connectivity index (χ3n) is 3.95. The van der Waals surface area contributed by atoms with Gasteiger partial charge in [-0.05, 0) is 49.0 Å². The first-order valence-electron chi connectivity index (χ1n) is 6.51. The highest BCUT2D eigenvalue weighted by atomic mass is 79.9. The van der Waals surface area contributed by atoms with Crippen LogP contribution in [0.3, 0.4) is 0 Å². The molecule has 1 aromatic rings. The molecule has 0 radical (unpaired) electrons. The summed E-state index contributed by atoms with van der Waals surface area (Å²) in [6.45, 7) is 5.35. The maximum atomic E-state index is 13.4. The summed E-state index contributed by atoms with van der Waals surface area (Å²) < 4.78 is 40.4. The number of nitrogens with zero attached hydrogens (tertiary/aromatic N) is 2. The van der Waals surface area contributed by atoms with Crippen molar-refractivity contribution in [3.05, 3.63) is 22.4 Å². The second-order valence-corrected chi connectivity index (χ2v) is 8.64. The minimum Gasteiger partial charge on any atom is -0.398 e. The lowest BCUT2D eigenvalue weighted by Gasteiger charge is -2.44. The van der Waals surface area contributed by atoms with Crippen molar-refractivity contribution in [1.82, 2.24) is 9.21 Å². The standard InChI is InChI=1S/C13H19BrFN3O2S/c1-13(2)8-18(5-4-17(13)3)21(19,20)12-6-9(14)10(15)7-11(12)16/h6-7H,4-5,8,16H2,1-3H3. The lowest BCUT2D eigenvalue weighted by atomic mass is 10.0. The topological polar surface area (TPSA) is 66.6 Å². The Morgan fingerprint density at radius 3 is 2.52 bits per heavy atom. The first-order valence-corrected chi connectivity index (χ1v) is 8.75. The molecule has 0 aromatic heterocycles. The molecular weight excluding hydrogens is 361 g/mol. The maximum absolute atomic E-state index is 13.4. The van der Waals surface area contributed by atoms with Gasteiger partial charge >= 0.3 is 0 Å². The van der Waals surface area contributed by atoms with E-state index in [0.717, 1.165) is 6.07 Å². The highest BCUT2D eigenvalue weighted by Gasteiger charge is 2.38. The molecule has 2 N–H and O–H groups in total. The number of hydrogen-bond donors (Lipinski definition) is 1. The van der Waals surface area contributed by atoms with Crippen LogP contribution in [0.25, 0.3) is 0 Å². The van der Waals surface area contributed by atoms with Gasteiger partial charge in [0.2, 0.25) is 10.0 Å². The van der Waals surface area contributed by atoms with Gasteiger partial charge in [-0.2, -0.15) is 4.31 Å². The Kier molecular flexibility index (Phi) is 4.36. The van der Waals surface area contributed by atoms with Crippen molar-refractivity contribution in [3.8, 4) is 0 Å². The minimum atomic E-state index is -3.74. The van der Waals surface area contributed by atoms with E-state index in [1.807, 2.05) is 20.9 Å². The Labute approximate surface area is 133 Å². The van der Waals surface area contributed by atoms with Crippen LogP contribution >= 0.6 is 15.9 Å². The third kappa shape index (κ3) is 3.08. The number of sulfonamides is 1. The van der Waals surface area contributed by atoms with E-state index < -0.39 is 15.8 Å². The van der Waals surface area contributed by atoms with Crippen molar-refractivity contribution in [2.24, 2.45) is 0 Å². The monoisotopic (exact) mass is 379 g/mol. The van der Waals surface area contributed by atoms with E-state index in [4.69, 9.17) is 5.73 Å². The molecule has 0 saturated carbocycles. The van der Waals surface area contributed by atoms with Gasteiger partial charge in [0.05, 0.1) is 10.2 Å². The zero-order chi connectivity index (χ0) is 16.0. The molecule has 5 nitrogen and oxygen atoms in total. The van der Waals surface area contributed by atoms with E-state index >= 15 is 0 Å². The number of anilines is 1. The number of rotatable bonds is 2. The Balaban J connectivity index is 2.42. The molecule has 0 aliphatic carbocycles. The molecule has 0 atom stereocenters. The number of nitrogens with two attached hydrogens (primary N) is 1. The molecule has 1 aliphatic rings. The molecule has 21 heavy (non-hydrogen) atoms. The molecule has 0 spiro atoms. The molecule has 0 unspecified atom stereocenters. The Bertz CT molecular complexity index is 664. The lowest BCUT2D eigenvalue weighted by molar-refractivity contribution is 0.0802. The SMILES string of the molecule is CN1CCN(S(=O)(=O)c2cc(Br)c(F)cc2N)CC1(C)C. The van der Waals surface area contributed by atoms with Crippen molar-refractivity contribution in [2.75, 3.05) is 32.4 Å². The molecule has 0 amide bonds. The fourth-order valence-corrected chi connectivity index (χ4v) is 4.51. The molecule has 8 heteroatoms. The van der Waals surface area contributed by atoms with Crippen molar-refractivity contribution in [2.45, 2.75) is 24.3 Å². The highest BCUT2D eigenvalue weighted by molar-refractivity contribution is 9.10. The van der Waals surface area contributed by atoms with E-state index in [1.165, 1.54) is 10.4 Å². The second kappa shape index (κ2) is 5.49. The Hall–Kier alpha value is -0.700. The first kappa shape index (κ1) is 16.7. The number of benzene rings is 1. The van der Waals surface area contributed by atoms with Crippen LogP contribution in [0.5, 0.6) is 0 Å². The quantitative estimate of drug-likeness (QED) is 0.796. The predicted molar refractivity (Wildman–Crippen MR) is 84.0 cm³/mol. The Morgan fingerprint density at radius 1 is 1.33 bits per heavy atom. The fourth-order valence-electron chi connectivity index (χ4n) is 2.31. The van der Waals surface area contributed by atoms with Crippen LogP contribution < -0.4 is 5.73 Å². The zero-order valence-electron chi connectivity index (χ0n) is 12.2. The van der Waals surface area contributed by atoms with E-state index in [-0.39, 0.29) is 20.6 Å². The van der Waals surface area contributed by atoms with Gasteiger partial charge in [-0.3, -0.25) is 4.90 Å². The molecule has 1 fully saturated rings. The fraction of sp³-hybridized carbons (Fsp3) is 0.538. The van der Waals surface area contributed by atoms with Gasteiger partial charge in [-0.1, -0.05) is 0 Å². The summed E-state index contributed by atoms with van der Waals surface area (Å²) in [4.78, 5) is 2.05. The normalized spacial score (nSPS) is 20.6. The largest absolute Gasteiger partial charge is 0.398 e. The molecule has 0 bridgehead atoms. The zero-order valence-corrected chi connectivity index (χ0v) is 14.6. The van der Waals surface area contributed by atoms with Gasteiger partial charge in [0.25, 0.3) is 0 Å². The average Bonchev–Trinajstić information content (AvgIpc) is 2.36. The number of piperazine rings is 1. The van der Waals surface area contributed by atoms with E-state index in [9.17, 15) is 12.8 Å². The molecule has 1 heterocycles. The number of hydrogen-bond acceptors (Lipinski definition) is 4. The van der Waals surface area contributed by atoms with Crippen molar-refractivity contribution in [3.63, 3.8) is 0 Å². The van der Waals surface area contributed by atoms with Crippen LogP contribution in [0.1, 0.15) is 13.8 Å². The summed E-state index contributed by atoms with van der Waals surface area (Å²) in [5, 5.41) is 0. The number of likely N-dealkylation sites (N-methyl/N-ethyl adjacent to an activating group) is 1. The van der Waals surface area contributed by atoms with Crippen molar-refractivity contribution in [1.29, 1.82) is 0 Å². The van der Waals surface area contributed by atoms with Crippen LogP contribution in [0.4, 0.5) is 10.1 Å². The van der Waals surface area contributed by atoms with Gasteiger partial charge in [-0.15, -0.1) is 0 Å². The van der Waals surface area contributed by atoms with Gasteiger partial charge in [-0.25, -0.2) is 12.8 Å². The lowest BCUT2D eigenvalue weighted by Crippen LogP contribution is -2.58. The summed E-state index contributed by atoms with van der Waals surface area (Å²) in [6.07, 6.45) is 0. The van der Waals surface area contributed by atoms with E-state index in [0.29, 0.717) is 19.6 Å². The molecule has 2 rings (SSSR count). The average molecular weight is 380 g/mol. The van der Waals surface area contributed by atoms with E-state index in [2.05, 4.69) is 20.8 Å². The van der Waals surface area contributed by atoms with Crippen molar-refractivity contribution >= 4 is 31.6 Å². The summed E-state index contributed by atoms with van der Waals surface area (Å²) in [5.41, 5.74) is 5.36. The summed E-state index contributed by atoms with van der Waals surface area (Å²) in [6, 6.07) is 2.25. The summed E-state index contributed by atoms with van der Waals surface area (Å²) in [7, 11) is -1.78. The first-order chi connectivity index (χ1) is 9.55. The third-order valence-corrected chi connectivity index (χ3v) is 6.46. The maximum Gasteiger partial charge on any atom is 0.245 e. The van der Waals surface area contributed by atoms with Crippen LogP contribution in [0, 0.1) is 5.82 Å². The summed E-state index contributed by atoms with van der Waals surface area (Å²) >= 11 is 3.01. The minimum absolute atomic E-state index is 0.0591. The number of halogens is 2. The summed E-state index contributed by atoms with van der Waals surface area (Å²) in [5.74, 6) is -0.579. The van der Waals surface area contributed by atoms with Gasteiger partial charge in [0.1, 0.15) is 10.7 Å². The van der Waals surface area contributed by atoms with Crippen LogP contribution in [-0.2, 0) is 10.0 Å². The number of nitrogen functional groups attached to an aromatic ring is 1. The molecule has 1 saturated heterocycles. The Morgan fingerprint density at radius 2 is 1.95 bits per heavy atom. The van der Waals surface area contributed by atoms with Crippen LogP contribution in [-0.4, -0.2) is 49.8 Å².